The monoisotopic (exact) mass is 318 g/mol. The highest BCUT2D eigenvalue weighted by molar-refractivity contribution is 5.84. The normalized spacial score (nSPS) is 11.2. The Bertz CT molecular complexity index is 843. The molecule has 1 aromatic carbocycles. The van der Waals surface area contributed by atoms with Gasteiger partial charge in [0.2, 0.25) is 0 Å². The van der Waals surface area contributed by atoms with Crippen molar-refractivity contribution >= 4 is 17.6 Å². The van der Waals surface area contributed by atoms with Crippen LogP contribution in [0.2, 0.25) is 0 Å². The molecule has 0 aliphatic heterocycles. The zero-order chi connectivity index (χ0) is 17.1. The van der Waals surface area contributed by atoms with E-state index in [1.54, 1.807) is 0 Å². The van der Waals surface area contributed by atoms with Gasteiger partial charge in [0, 0.05) is 49.1 Å². The zero-order valence-corrected chi connectivity index (χ0v) is 14.6. The molecule has 122 valence electrons. The Kier molecular flexibility index (Phi) is 4.47. The minimum absolute atomic E-state index is 0.933. The van der Waals surface area contributed by atoms with Crippen molar-refractivity contribution in [1.82, 2.24) is 9.55 Å². The molecular weight excluding hydrogens is 296 g/mol. The van der Waals surface area contributed by atoms with Crippen LogP contribution in [0.25, 0.3) is 5.82 Å². The lowest BCUT2D eigenvalue weighted by Crippen LogP contribution is -2.07. The van der Waals surface area contributed by atoms with Crippen LogP contribution in [-0.2, 0) is 0 Å². The molecule has 0 amide bonds. The van der Waals surface area contributed by atoms with E-state index in [4.69, 9.17) is 0 Å². The molecule has 0 unspecified atom stereocenters. The van der Waals surface area contributed by atoms with Gasteiger partial charge in [-0.25, -0.2) is 4.98 Å². The molecule has 0 radical (unpaired) electrons. The molecule has 3 aromatic rings. The molecule has 0 atom stereocenters. The summed E-state index contributed by atoms with van der Waals surface area (Å²) in [5.74, 6) is 0.933. The van der Waals surface area contributed by atoms with Crippen LogP contribution in [0.3, 0.4) is 0 Å². The number of rotatable bonds is 4. The summed E-state index contributed by atoms with van der Waals surface area (Å²) in [5.41, 5.74) is 5.51. The molecule has 0 aliphatic rings. The van der Waals surface area contributed by atoms with Crippen molar-refractivity contribution in [3.05, 3.63) is 71.7 Å². The lowest BCUT2D eigenvalue weighted by molar-refractivity contribution is 0.921. The average molecular weight is 318 g/mol. The quantitative estimate of drug-likeness (QED) is 0.672. The second-order valence-electron chi connectivity index (χ2n) is 6.02. The first-order valence-electron chi connectivity index (χ1n) is 7.98. The van der Waals surface area contributed by atoms with Crippen LogP contribution in [0.5, 0.6) is 0 Å². The largest absolute Gasteiger partial charge is 0.378 e. The molecule has 0 saturated carbocycles. The minimum atomic E-state index is 0.933. The number of aliphatic imine (C=N–C) groups is 1. The van der Waals surface area contributed by atoms with Crippen molar-refractivity contribution in [1.29, 1.82) is 0 Å². The molecular formula is C20H22N4. The van der Waals surface area contributed by atoms with Gasteiger partial charge in [-0.1, -0.05) is 6.07 Å². The number of benzene rings is 1. The van der Waals surface area contributed by atoms with E-state index in [9.17, 15) is 0 Å². The highest BCUT2D eigenvalue weighted by Crippen LogP contribution is 2.21. The van der Waals surface area contributed by atoms with Gasteiger partial charge < -0.3 is 9.47 Å². The van der Waals surface area contributed by atoms with Crippen LogP contribution in [-0.4, -0.2) is 29.9 Å². The third-order valence-corrected chi connectivity index (χ3v) is 4.07. The van der Waals surface area contributed by atoms with E-state index in [0.29, 0.717) is 0 Å². The summed E-state index contributed by atoms with van der Waals surface area (Å²) in [6.07, 6.45) is 3.74. The summed E-state index contributed by atoms with van der Waals surface area (Å²) in [7, 11) is 4.06. The third kappa shape index (κ3) is 3.23. The Morgan fingerprint density at radius 2 is 1.79 bits per heavy atom. The van der Waals surface area contributed by atoms with E-state index in [-0.39, 0.29) is 0 Å². The van der Waals surface area contributed by atoms with Gasteiger partial charge in [-0.15, -0.1) is 0 Å². The van der Waals surface area contributed by atoms with Crippen molar-refractivity contribution in [3.8, 4) is 5.82 Å². The van der Waals surface area contributed by atoms with E-state index < -0.39 is 0 Å². The molecule has 4 heteroatoms. The van der Waals surface area contributed by atoms with Crippen LogP contribution < -0.4 is 4.90 Å². The Labute approximate surface area is 143 Å². The zero-order valence-electron chi connectivity index (χ0n) is 14.6. The van der Waals surface area contributed by atoms with Crippen molar-refractivity contribution in [3.63, 3.8) is 0 Å². The Morgan fingerprint density at radius 3 is 2.42 bits per heavy atom. The van der Waals surface area contributed by atoms with Crippen molar-refractivity contribution in [2.75, 3.05) is 19.0 Å². The fourth-order valence-corrected chi connectivity index (χ4v) is 2.74. The third-order valence-electron chi connectivity index (χ3n) is 4.07. The lowest BCUT2D eigenvalue weighted by Gasteiger charge is -2.11. The molecule has 2 aromatic heterocycles. The van der Waals surface area contributed by atoms with Gasteiger partial charge in [0.25, 0.3) is 0 Å². The number of pyridine rings is 1. The van der Waals surface area contributed by atoms with E-state index in [2.05, 4.69) is 51.5 Å². The first-order valence-corrected chi connectivity index (χ1v) is 7.98. The fraction of sp³-hybridized carbons (Fsp3) is 0.200. The lowest BCUT2D eigenvalue weighted by atomic mass is 10.2. The molecule has 0 fully saturated rings. The summed E-state index contributed by atoms with van der Waals surface area (Å²) < 4.78 is 2.15. The summed E-state index contributed by atoms with van der Waals surface area (Å²) in [5, 5.41) is 0. The standard InChI is InChI=1S/C20H22N4/c1-15-13-17(16(2)24(15)20-7-5-6-12-21-20)14-22-18-8-10-19(11-9-18)23(3)4/h5-14H,1-4H3. The van der Waals surface area contributed by atoms with Gasteiger partial charge in [-0.05, 0) is 56.3 Å². The van der Waals surface area contributed by atoms with Gasteiger partial charge in [0.15, 0.2) is 0 Å². The SMILES string of the molecule is Cc1cc(C=Nc2ccc(N(C)C)cc2)c(C)n1-c1ccccn1. The molecule has 0 N–H and O–H groups in total. The molecule has 24 heavy (non-hydrogen) atoms. The van der Waals surface area contributed by atoms with E-state index >= 15 is 0 Å². The van der Waals surface area contributed by atoms with E-state index in [0.717, 1.165) is 28.5 Å². The number of hydrogen-bond acceptors (Lipinski definition) is 3. The van der Waals surface area contributed by atoms with Crippen LogP contribution in [0.1, 0.15) is 17.0 Å². The Morgan fingerprint density at radius 1 is 1.04 bits per heavy atom. The first kappa shape index (κ1) is 16.0. The molecule has 4 nitrogen and oxygen atoms in total. The predicted molar refractivity (Wildman–Crippen MR) is 101 cm³/mol. The highest BCUT2D eigenvalue weighted by atomic mass is 15.1. The molecule has 3 rings (SSSR count). The summed E-state index contributed by atoms with van der Waals surface area (Å²) in [4.78, 5) is 11.1. The van der Waals surface area contributed by atoms with Gasteiger partial charge in [0.05, 0.1) is 5.69 Å². The second kappa shape index (κ2) is 6.71. The number of aromatic nitrogens is 2. The van der Waals surface area contributed by atoms with Crippen LogP contribution in [0, 0.1) is 13.8 Å². The summed E-state index contributed by atoms with van der Waals surface area (Å²) in [6, 6.07) is 16.3. The van der Waals surface area contributed by atoms with Crippen molar-refractivity contribution in [2.45, 2.75) is 13.8 Å². The second-order valence-corrected chi connectivity index (χ2v) is 6.02. The van der Waals surface area contributed by atoms with E-state index in [1.165, 1.54) is 5.69 Å². The summed E-state index contributed by atoms with van der Waals surface area (Å²) in [6.45, 7) is 4.18. The average Bonchev–Trinajstić information content (AvgIpc) is 2.88. The topological polar surface area (TPSA) is 33.4 Å². The van der Waals surface area contributed by atoms with Gasteiger partial charge in [-0.2, -0.15) is 0 Å². The Hall–Kier alpha value is -2.88. The van der Waals surface area contributed by atoms with Crippen LogP contribution in [0.4, 0.5) is 11.4 Å². The predicted octanol–water partition coefficient (Wildman–Crippen LogP) is 4.31. The van der Waals surface area contributed by atoms with Crippen LogP contribution in [0.15, 0.2) is 59.7 Å². The number of anilines is 1. The minimum Gasteiger partial charge on any atom is -0.378 e. The summed E-state index contributed by atoms with van der Waals surface area (Å²) >= 11 is 0. The molecule has 2 heterocycles. The molecule has 0 spiro atoms. The number of nitrogens with zero attached hydrogens (tertiary/aromatic N) is 4. The van der Waals surface area contributed by atoms with Gasteiger partial charge >= 0.3 is 0 Å². The van der Waals surface area contributed by atoms with E-state index in [1.807, 2.05) is 56.8 Å². The smallest absolute Gasteiger partial charge is 0.136 e. The fourth-order valence-electron chi connectivity index (χ4n) is 2.74. The first-order chi connectivity index (χ1) is 11.6. The van der Waals surface area contributed by atoms with Crippen LogP contribution >= 0.6 is 0 Å². The molecule has 0 saturated heterocycles. The highest BCUT2D eigenvalue weighted by Gasteiger charge is 2.09. The number of aryl methyl sites for hydroxylation is 1. The van der Waals surface area contributed by atoms with Crippen molar-refractivity contribution in [2.24, 2.45) is 4.99 Å². The molecule has 0 bridgehead atoms. The maximum atomic E-state index is 4.61. The van der Waals surface area contributed by atoms with Crippen molar-refractivity contribution < 1.29 is 0 Å². The van der Waals surface area contributed by atoms with Gasteiger partial charge in [0.1, 0.15) is 5.82 Å². The Balaban J connectivity index is 1.88. The molecule has 0 aliphatic carbocycles. The maximum Gasteiger partial charge on any atom is 0.136 e. The maximum absolute atomic E-state index is 4.61. The van der Waals surface area contributed by atoms with Gasteiger partial charge in [-0.3, -0.25) is 4.99 Å². The number of hydrogen-bond donors (Lipinski definition) is 0.